The molecule has 0 fully saturated rings. The molecule has 0 bridgehead atoms. The number of hydrogen-bond donors (Lipinski definition) is 0. The summed E-state index contributed by atoms with van der Waals surface area (Å²) >= 11 is 0. The van der Waals surface area contributed by atoms with Crippen LogP contribution in [0.2, 0.25) is 0 Å². The van der Waals surface area contributed by atoms with Crippen LogP contribution in [0.4, 0.5) is 5.69 Å². The van der Waals surface area contributed by atoms with Crippen LogP contribution in [0, 0.1) is 13.8 Å². The van der Waals surface area contributed by atoms with Crippen LogP contribution in [0.15, 0.2) is 35.2 Å². The highest BCUT2D eigenvalue weighted by molar-refractivity contribution is 7.89. The van der Waals surface area contributed by atoms with Gasteiger partial charge in [0.1, 0.15) is 5.75 Å². The first-order valence-electron chi connectivity index (χ1n) is 10.3. The number of carbonyl (C=O) groups excluding carboxylic acids is 1. The lowest BCUT2D eigenvalue weighted by atomic mass is 9.95. The van der Waals surface area contributed by atoms with Gasteiger partial charge in [0.25, 0.3) is 5.91 Å². The predicted molar refractivity (Wildman–Crippen MR) is 119 cm³/mol. The Bertz CT molecular complexity index is 1060. The Kier molecular flexibility index (Phi) is 6.53. The predicted octanol–water partition coefficient (Wildman–Crippen LogP) is 3.94. The first kappa shape index (κ1) is 22.3. The second kappa shape index (κ2) is 8.78. The molecule has 7 heteroatoms. The van der Waals surface area contributed by atoms with E-state index < -0.39 is 10.0 Å². The number of amides is 1. The molecule has 0 atom stereocenters. The van der Waals surface area contributed by atoms with Crippen LogP contribution in [0.25, 0.3) is 0 Å². The quantitative estimate of drug-likeness (QED) is 0.696. The molecular formula is C23H30N2O4S. The van der Waals surface area contributed by atoms with Gasteiger partial charge in [-0.25, -0.2) is 8.42 Å². The van der Waals surface area contributed by atoms with E-state index in [2.05, 4.69) is 0 Å². The van der Waals surface area contributed by atoms with Crippen molar-refractivity contribution in [2.75, 3.05) is 31.6 Å². The Morgan fingerprint density at radius 3 is 2.40 bits per heavy atom. The number of hydrogen-bond acceptors (Lipinski definition) is 4. The summed E-state index contributed by atoms with van der Waals surface area (Å²) in [6.07, 6.45) is 1.74. The van der Waals surface area contributed by atoms with Gasteiger partial charge in [0.05, 0.1) is 17.7 Å². The summed E-state index contributed by atoms with van der Waals surface area (Å²) in [7, 11) is -2.06. The van der Waals surface area contributed by atoms with E-state index in [9.17, 15) is 13.2 Å². The highest BCUT2D eigenvalue weighted by Crippen LogP contribution is 2.39. The molecule has 0 saturated carbocycles. The topological polar surface area (TPSA) is 66.9 Å². The van der Waals surface area contributed by atoms with Gasteiger partial charge in [0, 0.05) is 25.2 Å². The van der Waals surface area contributed by atoms with Crippen molar-refractivity contribution in [2.24, 2.45) is 0 Å². The van der Waals surface area contributed by atoms with E-state index in [0.29, 0.717) is 36.5 Å². The van der Waals surface area contributed by atoms with Gasteiger partial charge in [-0.1, -0.05) is 26.0 Å². The second-order valence-corrected chi connectivity index (χ2v) is 9.45. The summed E-state index contributed by atoms with van der Waals surface area (Å²) < 4.78 is 33.1. The normalized spacial score (nSPS) is 14.0. The number of rotatable bonds is 6. The van der Waals surface area contributed by atoms with Crippen LogP contribution >= 0.6 is 0 Å². The van der Waals surface area contributed by atoms with E-state index in [1.54, 1.807) is 31.1 Å². The van der Waals surface area contributed by atoms with Crippen LogP contribution in [0.3, 0.4) is 0 Å². The third kappa shape index (κ3) is 3.84. The maximum Gasteiger partial charge on any atom is 0.258 e. The molecule has 30 heavy (non-hydrogen) atoms. The number of anilines is 1. The molecule has 162 valence electrons. The Morgan fingerprint density at radius 1 is 1.10 bits per heavy atom. The molecule has 2 aromatic carbocycles. The maximum absolute atomic E-state index is 13.5. The number of sulfonamides is 1. The van der Waals surface area contributed by atoms with Crippen LogP contribution in [-0.2, 0) is 16.4 Å². The van der Waals surface area contributed by atoms with Crippen LogP contribution < -0.4 is 9.64 Å². The molecule has 0 spiro atoms. The standard InChI is InChI=1S/C23H30N2O4S/c1-6-24(7-2)30(27,28)21-15-18(12-10-17(21)4)23(26)25-14-8-9-19-16(3)11-13-20(29-5)22(19)25/h10-13,15H,6-9,14H2,1-5H3. The highest BCUT2D eigenvalue weighted by Gasteiger charge is 2.30. The number of nitrogens with zero attached hydrogens (tertiary/aromatic N) is 2. The summed E-state index contributed by atoms with van der Waals surface area (Å²) in [4.78, 5) is 15.4. The molecule has 1 aliphatic rings. The van der Waals surface area contributed by atoms with Gasteiger partial charge in [0.15, 0.2) is 0 Å². The van der Waals surface area contributed by atoms with Crippen molar-refractivity contribution >= 4 is 21.6 Å². The van der Waals surface area contributed by atoms with Crippen molar-refractivity contribution in [2.45, 2.75) is 45.4 Å². The molecule has 2 aromatic rings. The Morgan fingerprint density at radius 2 is 1.77 bits per heavy atom. The molecule has 0 aromatic heterocycles. The second-order valence-electron chi connectivity index (χ2n) is 7.54. The summed E-state index contributed by atoms with van der Waals surface area (Å²) in [6.45, 7) is 8.74. The number of fused-ring (bicyclic) bond motifs is 1. The molecule has 0 N–H and O–H groups in total. The first-order valence-corrected chi connectivity index (χ1v) is 11.8. The zero-order chi connectivity index (χ0) is 22.1. The van der Waals surface area contributed by atoms with Gasteiger partial charge in [-0.15, -0.1) is 0 Å². The maximum atomic E-state index is 13.5. The molecule has 0 radical (unpaired) electrons. The number of methoxy groups -OCH3 is 1. The van der Waals surface area contributed by atoms with Crippen molar-refractivity contribution in [1.82, 2.24) is 4.31 Å². The average molecular weight is 431 g/mol. The average Bonchev–Trinajstić information content (AvgIpc) is 2.74. The molecule has 1 amide bonds. The third-order valence-corrected chi connectivity index (χ3v) is 7.97. The Balaban J connectivity index is 2.08. The smallest absolute Gasteiger partial charge is 0.258 e. The minimum Gasteiger partial charge on any atom is -0.495 e. The van der Waals surface area contributed by atoms with Crippen LogP contribution in [0.1, 0.15) is 47.3 Å². The monoisotopic (exact) mass is 430 g/mol. The zero-order valence-corrected chi connectivity index (χ0v) is 19.2. The largest absolute Gasteiger partial charge is 0.495 e. The van der Waals surface area contributed by atoms with Gasteiger partial charge in [0.2, 0.25) is 10.0 Å². The lowest BCUT2D eigenvalue weighted by molar-refractivity contribution is 0.0984. The molecule has 3 rings (SSSR count). The fourth-order valence-electron chi connectivity index (χ4n) is 4.09. The lowest BCUT2D eigenvalue weighted by Gasteiger charge is -2.32. The molecule has 1 heterocycles. The van der Waals surface area contributed by atoms with Crippen molar-refractivity contribution in [3.63, 3.8) is 0 Å². The summed E-state index contributed by atoms with van der Waals surface area (Å²) in [5.74, 6) is 0.447. The summed E-state index contributed by atoms with van der Waals surface area (Å²) in [5, 5.41) is 0. The fraction of sp³-hybridized carbons (Fsp3) is 0.435. The highest BCUT2D eigenvalue weighted by atomic mass is 32.2. The summed E-state index contributed by atoms with van der Waals surface area (Å²) in [6, 6.07) is 8.82. The SMILES string of the molecule is CCN(CC)S(=O)(=O)c1cc(C(=O)N2CCCc3c(C)ccc(OC)c32)ccc1C. The van der Waals surface area contributed by atoms with Crippen molar-refractivity contribution in [3.05, 3.63) is 52.6 Å². The number of carbonyl (C=O) groups is 1. The third-order valence-electron chi connectivity index (χ3n) is 5.78. The minimum absolute atomic E-state index is 0.186. The lowest BCUT2D eigenvalue weighted by Crippen LogP contribution is -2.36. The van der Waals surface area contributed by atoms with Crippen LogP contribution in [-0.4, -0.2) is 45.4 Å². The summed E-state index contributed by atoms with van der Waals surface area (Å²) in [5.41, 5.74) is 4.02. The Labute approximate surface area is 179 Å². The number of ether oxygens (including phenoxy) is 1. The molecule has 1 aliphatic heterocycles. The molecule has 0 saturated heterocycles. The van der Waals surface area contributed by atoms with E-state index >= 15 is 0 Å². The minimum atomic E-state index is -3.66. The van der Waals surface area contributed by atoms with Crippen molar-refractivity contribution in [3.8, 4) is 5.75 Å². The van der Waals surface area contributed by atoms with E-state index in [-0.39, 0.29) is 10.8 Å². The Hall–Kier alpha value is -2.38. The zero-order valence-electron chi connectivity index (χ0n) is 18.4. The van der Waals surface area contributed by atoms with Gasteiger partial charge >= 0.3 is 0 Å². The fourth-order valence-corrected chi connectivity index (χ4v) is 5.80. The van der Waals surface area contributed by atoms with E-state index in [4.69, 9.17) is 4.74 Å². The molecule has 0 aliphatic carbocycles. The van der Waals surface area contributed by atoms with Gasteiger partial charge in [-0.05, 0) is 61.6 Å². The number of benzene rings is 2. The van der Waals surface area contributed by atoms with E-state index in [1.807, 2.05) is 32.9 Å². The molecule has 0 unspecified atom stereocenters. The van der Waals surface area contributed by atoms with Gasteiger partial charge < -0.3 is 9.64 Å². The van der Waals surface area contributed by atoms with Gasteiger partial charge in [-0.2, -0.15) is 4.31 Å². The van der Waals surface area contributed by atoms with Crippen molar-refractivity contribution < 1.29 is 17.9 Å². The molecular weight excluding hydrogens is 400 g/mol. The first-order chi connectivity index (χ1) is 14.3. The van der Waals surface area contributed by atoms with Crippen molar-refractivity contribution in [1.29, 1.82) is 0 Å². The molecule has 6 nitrogen and oxygen atoms in total. The van der Waals surface area contributed by atoms with E-state index in [1.165, 1.54) is 10.4 Å². The van der Waals surface area contributed by atoms with E-state index in [0.717, 1.165) is 29.7 Å². The number of aryl methyl sites for hydroxylation is 2. The van der Waals surface area contributed by atoms with Gasteiger partial charge in [-0.3, -0.25) is 4.79 Å². The van der Waals surface area contributed by atoms with Crippen LogP contribution in [0.5, 0.6) is 5.75 Å².